The van der Waals surface area contributed by atoms with E-state index in [1.54, 1.807) is 37.4 Å². The van der Waals surface area contributed by atoms with E-state index in [1.165, 1.54) is 17.4 Å². The summed E-state index contributed by atoms with van der Waals surface area (Å²) in [5, 5.41) is 4.32. The molecule has 0 aliphatic carbocycles. The van der Waals surface area contributed by atoms with Crippen molar-refractivity contribution in [1.29, 1.82) is 0 Å². The quantitative estimate of drug-likeness (QED) is 0.413. The summed E-state index contributed by atoms with van der Waals surface area (Å²) in [4.78, 5) is 36.7. The first kappa shape index (κ1) is 23.1. The van der Waals surface area contributed by atoms with Crippen molar-refractivity contribution < 1.29 is 19.1 Å². The standard InChI is InChI=1S/C20H16Cl3N3O4S/c1-30-11-3-4-12-15(9-11)31-19(18(12)23)20(29)26-25-17(28)7-6-16(27)24-14-5-2-10(21)8-13(14)22/h2-5,8-9H,6-7H2,1H3,(H,24,27)(H,25,28)(H,26,29). The van der Waals surface area contributed by atoms with Crippen LogP contribution in [0.5, 0.6) is 5.75 Å². The number of carbonyl (C=O) groups is 3. The van der Waals surface area contributed by atoms with Crippen LogP contribution < -0.4 is 20.9 Å². The maximum atomic E-state index is 12.4. The number of hydrazine groups is 1. The molecule has 0 bridgehead atoms. The molecule has 3 aromatic rings. The van der Waals surface area contributed by atoms with Gasteiger partial charge >= 0.3 is 0 Å². The van der Waals surface area contributed by atoms with Gasteiger partial charge in [-0.05, 0) is 36.4 Å². The van der Waals surface area contributed by atoms with Crippen molar-refractivity contribution in [2.75, 3.05) is 12.4 Å². The average molecular weight is 501 g/mol. The number of rotatable bonds is 6. The van der Waals surface area contributed by atoms with Gasteiger partial charge in [0.1, 0.15) is 10.6 Å². The highest BCUT2D eigenvalue weighted by atomic mass is 35.5. The largest absolute Gasteiger partial charge is 0.497 e. The third-order valence-corrected chi connectivity index (χ3v) is 6.35. The molecule has 0 aliphatic rings. The Labute approximate surface area is 196 Å². The number of amides is 3. The van der Waals surface area contributed by atoms with Crippen molar-refractivity contribution in [1.82, 2.24) is 10.9 Å². The summed E-state index contributed by atoms with van der Waals surface area (Å²) in [6, 6.07) is 9.91. The van der Waals surface area contributed by atoms with E-state index < -0.39 is 17.7 Å². The molecule has 7 nitrogen and oxygen atoms in total. The van der Waals surface area contributed by atoms with E-state index in [9.17, 15) is 14.4 Å². The summed E-state index contributed by atoms with van der Waals surface area (Å²) in [5.41, 5.74) is 4.97. The lowest BCUT2D eigenvalue weighted by atomic mass is 10.2. The van der Waals surface area contributed by atoms with E-state index in [0.29, 0.717) is 21.8 Å². The zero-order chi connectivity index (χ0) is 22.5. The minimum absolute atomic E-state index is 0.107. The van der Waals surface area contributed by atoms with Gasteiger partial charge in [-0.1, -0.05) is 34.8 Å². The highest BCUT2D eigenvalue weighted by Gasteiger charge is 2.18. The number of benzene rings is 2. The van der Waals surface area contributed by atoms with Crippen molar-refractivity contribution in [2.24, 2.45) is 0 Å². The summed E-state index contributed by atoms with van der Waals surface area (Å²) in [6.07, 6.45) is -0.251. The number of nitrogens with one attached hydrogen (secondary N) is 3. The average Bonchev–Trinajstić information content (AvgIpc) is 3.08. The lowest BCUT2D eigenvalue weighted by Gasteiger charge is -2.08. The Kier molecular flexibility index (Phi) is 7.61. The third-order valence-electron chi connectivity index (χ3n) is 4.14. The SMILES string of the molecule is COc1ccc2c(Cl)c(C(=O)NNC(=O)CCC(=O)Nc3ccc(Cl)cc3Cl)sc2c1. The summed E-state index contributed by atoms with van der Waals surface area (Å²) in [7, 11) is 1.55. The van der Waals surface area contributed by atoms with E-state index >= 15 is 0 Å². The van der Waals surface area contributed by atoms with Crippen molar-refractivity contribution in [3.63, 3.8) is 0 Å². The van der Waals surface area contributed by atoms with E-state index in [2.05, 4.69) is 16.2 Å². The number of ether oxygens (including phenoxy) is 1. The Balaban J connectivity index is 1.51. The number of halogens is 3. The highest BCUT2D eigenvalue weighted by Crippen LogP contribution is 2.37. The normalized spacial score (nSPS) is 10.6. The number of carbonyl (C=O) groups excluding carboxylic acids is 3. The highest BCUT2D eigenvalue weighted by molar-refractivity contribution is 7.21. The van der Waals surface area contributed by atoms with Crippen LogP contribution in [0.15, 0.2) is 36.4 Å². The number of methoxy groups -OCH3 is 1. The van der Waals surface area contributed by atoms with Crippen LogP contribution in [0.4, 0.5) is 5.69 Å². The van der Waals surface area contributed by atoms with Crippen LogP contribution >= 0.6 is 46.1 Å². The molecule has 0 unspecified atom stereocenters. The van der Waals surface area contributed by atoms with Crippen molar-refractivity contribution in [2.45, 2.75) is 12.8 Å². The minimum atomic E-state index is -0.559. The lowest BCUT2D eigenvalue weighted by Crippen LogP contribution is -2.41. The van der Waals surface area contributed by atoms with Gasteiger partial charge in [-0.15, -0.1) is 11.3 Å². The van der Waals surface area contributed by atoms with Crippen LogP contribution in [0.2, 0.25) is 15.1 Å². The molecule has 0 aliphatic heterocycles. The molecule has 0 spiro atoms. The Morgan fingerprint density at radius 2 is 1.71 bits per heavy atom. The van der Waals surface area contributed by atoms with Crippen molar-refractivity contribution >= 4 is 79.6 Å². The van der Waals surface area contributed by atoms with Gasteiger partial charge in [-0.25, -0.2) is 0 Å². The third kappa shape index (κ3) is 5.80. The zero-order valence-corrected chi connectivity index (χ0v) is 19.1. The van der Waals surface area contributed by atoms with Crippen molar-refractivity contribution in [3.05, 3.63) is 56.3 Å². The fourth-order valence-corrected chi connectivity index (χ4v) is 4.49. The summed E-state index contributed by atoms with van der Waals surface area (Å²) in [6.45, 7) is 0. The Hall–Kier alpha value is -2.52. The van der Waals surface area contributed by atoms with Gasteiger partial charge in [0.2, 0.25) is 11.8 Å². The van der Waals surface area contributed by atoms with Crippen LogP contribution in [0.1, 0.15) is 22.5 Å². The predicted molar refractivity (Wildman–Crippen MR) is 123 cm³/mol. The number of hydrogen-bond acceptors (Lipinski definition) is 5. The van der Waals surface area contributed by atoms with Crippen LogP contribution in [0.25, 0.3) is 10.1 Å². The fourth-order valence-electron chi connectivity index (χ4n) is 2.59. The molecule has 3 amide bonds. The molecule has 11 heteroatoms. The second kappa shape index (κ2) is 10.2. The van der Waals surface area contributed by atoms with E-state index in [0.717, 1.165) is 4.70 Å². The number of thiophene rings is 1. The maximum absolute atomic E-state index is 12.4. The number of hydrogen-bond donors (Lipinski definition) is 3. The first-order chi connectivity index (χ1) is 14.8. The Morgan fingerprint density at radius 1 is 0.968 bits per heavy atom. The van der Waals surface area contributed by atoms with Gasteiger partial charge in [-0.2, -0.15) is 0 Å². The van der Waals surface area contributed by atoms with Gasteiger partial charge in [0.15, 0.2) is 0 Å². The van der Waals surface area contributed by atoms with Crippen LogP contribution in [0.3, 0.4) is 0 Å². The molecule has 0 atom stereocenters. The van der Waals surface area contributed by atoms with Gasteiger partial charge in [0.25, 0.3) is 5.91 Å². The Morgan fingerprint density at radius 3 is 2.42 bits per heavy atom. The number of fused-ring (bicyclic) bond motifs is 1. The summed E-state index contributed by atoms with van der Waals surface area (Å²) >= 11 is 19.3. The van der Waals surface area contributed by atoms with Crippen LogP contribution in [-0.4, -0.2) is 24.8 Å². The molecule has 0 radical (unpaired) electrons. The molecule has 31 heavy (non-hydrogen) atoms. The van der Waals surface area contributed by atoms with Gasteiger partial charge in [0, 0.05) is 28.0 Å². The van der Waals surface area contributed by atoms with Crippen LogP contribution in [0, 0.1) is 0 Å². The molecule has 1 aromatic heterocycles. The predicted octanol–water partition coefficient (Wildman–Crippen LogP) is 5.05. The molecular weight excluding hydrogens is 485 g/mol. The molecule has 162 valence electrons. The first-order valence-electron chi connectivity index (χ1n) is 8.88. The minimum Gasteiger partial charge on any atom is -0.497 e. The maximum Gasteiger partial charge on any atom is 0.281 e. The zero-order valence-electron chi connectivity index (χ0n) is 16.1. The number of anilines is 1. The second-order valence-electron chi connectivity index (χ2n) is 6.28. The first-order valence-corrected chi connectivity index (χ1v) is 10.8. The van der Waals surface area contributed by atoms with Gasteiger partial charge in [-0.3, -0.25) is 25.2 Å². The van der Waals surface area contributed by atoms with E-state index in [4.69, 9.17) is 39.5 Å². The van der Waals surface area contributed by atoms with Gasteiger partial charge in [0.05, 0.1) is 22.8 Å². The summed E-state index contributed by atoms with van der Waals surface area (Å²) < 4.78 is 5.94. The van der Waals surface area contributed by atoms with Crippen molar-refractivity contribution in [3.8, 4) is 5.75 Å². The molecular formula is C20H16Cl3N3O4S. The molecule has 0 saturated carbocycles. The molecule has 0 fully saturated rings. The van der Waals surface area contributed by atoms with Crippen LogP contribution in [-0.2, 0) is 9.59 Å². The molecule has 3 rings (SSSR count). The molecule has 1 heterocycles. The van der Waals surface area contributed by atoms with E-state index in [-0.39, 0.29) is 27.8 Å². The Bertz CT molecular complexity index is 1170. The molecule has 0 saturated heterocycles. The van der Waals surface area contributed by atoms with Gasteiger partial charge < -0.3 is 10.1 Å². The fraction of sp³-hybridized carbons (Fsp3) is 0.150. The topological polar surface area (TPSA) is 96.5 Å². The lowest BCUT2D eigenvalue weighted by molar-refractivity contribution is -0.124. The molecule has 2 aromatic carbocycles. The summed E-state index contributed by atoms with van der Waals surface area (Å²) in [5.74, 6) is -0.864. The van der Waals surface area contributed by atoms with E-state index in [1.807, 2.05) is 0 Å². The smallest absolute Gasteiger partial charge is 0.281 e. The monoisotopic (exact) mass is 499 g/mol. The molecule has 3 N–H and O–H groups in total. The second-order valence-corrected chi connectivity index (χ2v) is 8.56.